The zero-order chi connectivity index (χ0) is 37.5. The molecule has 0 saturated heterocycles. The summed E-state index contributed by atoms with van der Waals surface area (Å²) in [6, 6.07) is 49.0. The Morgan fingerprint density at radius 2 is 0.909 bits per heavy atom. The van der Waals surface area contributed by atoms with Crippen LogP contribution in [0.5, 0.6) is 0 Å². The molecule has 3 nitrogen and oxygen atoms in total. The van der Waals surface area contributed by atoms with Gasteiger partial charge in [-0.25, -0.2) is 4.98 Å². The number of hydrogen-bond donors (Lipinski definition) is 0. The normalized spacial score (nSPS) is 11.8. The molecule has 0 fully saturated rings. The van der Waals surface area contributed by atoms with Crippen LogP contribution in [0.4, 0.5) is 0 Å². The molecule has 0 amide bonds. The number of aryl methyl sites for hydroxylation is 6. The Balaban J connectivity index is 1.21. The third-order valence-electron chi connectivity index (χ3n) is 11.5. The van der Waals surface area contributed by atoms with Crippen LogP contribution in [0.25, 0.3) is 93.6 Å². The lowest BCUT2D eigenvalue weighted by atomic mass is 9.88. The molecule has 0 unspecified atom stereocenters. The van der Waals surface area contributed by atoms with E-state index in [0.29, 0.717) is 0 Å². The van der Waals surface area contributed by atoms with E-state index in [1.165, 1.54) is 88.2 Å². The Hall–Kier alpha value is -6.58. The van der Waals surface area contributed by atoms with Crippen LogP contribution in [0.1, 0.15) is 33.4 Å². The number of benzene rings is 8. The highest BCUT2D eigenvalue weighted by Gasteiger charge is 2.18. The molecule has 0 spiro atoms. The molecule has 0 aliphatic heterocycles. The summed E-state index contributed by atoms with van der Waals surface area (Å²) in [7, 11) is 0. The summed E-state index contributed by atoms with van der Waals surface area (Å²) in [5, 5.41) is 7.10. The van der Waals surface area contributed by atoms with Gasteiger partial charge >= 0.3 is 0 Å². The van der Waals surface area contributed by atoms with Gasteiger partial charge in [0.25, 0.3) is 0 Å². The molecule has 0 bridgehead atoms. The van der Waals surface area contributed by atoms with Crippen LogP contribution in [0.2, 0.25) is 0 Å². The molecule has 2 heterocycles. The van der Waals surface area contributed by atoms with Crippen molar-refractivity contribution in [2.75, 3.05) is 0 Å². The summed E-state index contributed by atoms with van der Waals surface area (Å²) < 4.78 is 2.36. The molecule has 55 heavy (non-hydrogen) atoms. The van der Waals surface area contributed by atoms with Gasteiger partial charge in [0.1, 0.15) is 0 Å². The van der Waals surface area contributed by atoms with Gasteiger partial charge in [0, 0.05) is 32.8 Å². The zero-order valence-electron chi connectivity index (χ0n) is 32.1. The van der Waals surface area contributed by atoms with Crippen molar-refractivity contribution in [3.05, 3.63) is 173 Å². The Labute approximate surface area is 321 Å². The van der Waals surface area contributed by atoms with Crippen LogP contribution in [0.15, 0.2) is 140 Å². The third kappa shape index (κ3) is 5.26. The maximum atomic E-state index is 5.47. The first kappa shape index (κ1) is 33.0. The fourth-order valence-electron chi connectivity index (χ4n) is 9.45. The fraction of sp³-hybridized carbons (Fsp3) is 0.115. The van der Waals surface area contributed by atoms with Gasteiger partial charge in [0.05, 0.1) is 34.0 Å². The Morgan fingerprint density at radius 3 is 1.45 bits per heavy atom. The average Bonchev–Trinajstić information content (AvgIpc) is 3.51. The molecule has 0 radical (unpaired) electrons. The lowest BCUT2D eigenvalue weighted by molar-refractivity contribution is 1.18. The van der Waals surface area contributed by atoms with E-state index >= 15 is 0 Å². The van der Waals surface area contributed by atoms with E-state index < -0.39 is 0 Å². The second-order valence-corrected chi connectivity index (χ2v) is 15.4. The van der Waals surface area contributed by atoms with Gasteiger partial charge in [-0.15, -0.1) is 0 Å². The summed E-state index contributed by atoms with van der Waals surface area (Å²) in [5.74, 6) is 0. The quantitative estimate of drug-likeness (QED) is 0.171. The molecule has 0 atom stereocenters. The summed E-state index contributed by atoms with van der Waals surface area (Å²) in [4.78, 5) is 10.7. The second-order valence-electron chi connectivity index (χ2n) is 15.4. The summed E-state index contributed by atoms with van der Waals surface area (Å²) >= 11 is 0. The minimum absolute atomic E-state index is 0.854. The van der Waals surface area contributed by atoms with E-state index in [2.05, 4.69) is 180 Å². The number of hydrogen-bond acceptors (Lipinski definition) is 2. The minimum Gasteiger partial charge on any atom is -0.309 e. The lowest BCUT2D eigenvalue weighted by Crippen LogP contribution is -1.96. The van der Waals surface area contributed by atoms with Gasteiger partial charge in [-0.1, -0.05) is 108 Å². The van der Waals surface area contributed by atoms with Crippen molar-refractivity contribution in [2.24, 2.45) is 0 Å². The van der Waals surface area contributed by atoms with Gasteiger partial charge in [0.2, 0.25) is 0 Å². The summed E-state index contributed by atoms with van der Waals surface area (Å²) in [5.41, 5.74) is 20.0. The molecule has 0 aliphatic rings. The number of fused-ring (bicyclic) bond motifs is 9. The van der Waals surface area contributed by atoms with Crippen LogP contribution < -0.4 is 0 Å². The van der Waals surface area contributed by atoms with E-state index in [4.69, 9.17) is 9.97 Å². The third-order valence-corrected chi connectivity index (χ3v) is 11.5. The van der Waals surface area contributed by atoms with Crippen molar-refractivity contribution >= 4 is 54.4 Å². The first-order valence-electron chi connectivity index (χ1n) is 19.2. The highest BCUT2D eigenvalue weighted by Crippen LogP contribution is 2.41. The summed E-state index contributed by atoms with van der Waals surface area (Å²) in [6.45, 7) is 13.3. The van der Waals surface area contributed by atoms with Gasteiger partial charge in [0.15, 0.2) is 0 Å². The Kier molecular flexibility index (Phi) is 7.50. The molecule has 0 aliphatic carbocycles. The standard InChI is InChI=1S/C52H41N3/c1-30-22-32(3)49(33(4)23-30)37-18-20-42-44(27-37)45-28-38(50-34(5)24-31(2)25-35(50)6)19-21-43(45)52-51(42)53-29-46(54-52)36-12-11-13-39(26-36)55-47-16-9-7-14-40(47)41-15-8-10-17-48(41)55/h7-29H,1-6H3. The van der Waals surface area contributed by atoms with E-state index in [-0.39, 0.29) is 0 Å². The van der Waals surface area contributed by atoms with Crippen molar-refractivity contribution in [1.29, 1.82) is 0 Å². The zero-order valence-corrected chi connectivity index (χ0v) is 32.1. The first-order valence-corrected chi connectivity index (χ1v) is 19.2. The maximum absolute atomic E-state index is 5.47. The number of rotatable bonds is 4. The van der Waals surface area contributed by atoms with Crippen molar-refractivity contribution in [3.8, 4) is 39.2 Å². The van der Waals surface area contributed by atoms with Gasteiger partial charge in [-0.05, 0) is 133 Å². The molecule has 10 aromatic rings. The van der Waals surface area contributed by atoms with Gasteiger partial charge in [-0.2, -0.15) is 0 Å². The number of aromatic nitrogens is 3. The lowest BCUT2D eigenvalue weighted by Gasteiger charge is -2.17. The SMILES string of the molecule is Cc1cc(C)c(-c2ccc3c(c2)c2cc(-c4c(C)cc(C)cc4C)ccc2c2nc(-c4cccc(-n5c6ccccc6c6ccccc65)c4)cnc32)c(C)c1. The molecule has 0 saturated carbocycles. The Morgan fingerprint density at radius 1 is 0.400 bits per heavy atom. The van der Waals surface area contributed by atoms with Crippen molar-refractivity contribution in [3.63, 3.8) is 0 Å². The Bertz CT molecular complexity index is 3120. The van der Waals surface area contributed by atoms with Gasteiger partial charge in [-0.3, -0.25) is 4.98 Å². The smallest absolute Gasteiger partial charge is 0.0979 e. The monoisotopic (exact) mass is 707 g/mol. The highest BCUT2D eigenvalue weighted by molar-refractivity contribution is 6.24. The van der Waals surface area contributed by atoms with E-state index in [1.54, 1.807) is 0 Å². The van der Waals surface area contributed by atoms with Crippen molar-refractivity contribution < 1.29 is 0 Å². The molecule has 2 aromatic heterocycles. The maximum Gasteiger partial charge on any atom is 0.0979 e. The predicted molar refractivity (Wildman–Crippen MR) is 234 cm³/mol. The molecule has 3 heteroatoms. The topological polar surface area (TPSA) is 30.7 Å². The van der Waals surface area contributed by atoms with E-state index in [0.717, 1.165) is 38.8 Å². The molecule has 0 N–H and O–H groups in total. The van der Waals surface area contributed by atoms with Gasteiger partial charge < -0.3 is 4.57 Å². The highest BCUT2D eigenvalue weighted by atomic mass is 15.0. The van der Waals surface area contributed by atoms with Crippen molar-refractivity contribution in [1.82, 2.24) is 14.5 Å². The molecular formula is C52H41N3. The largest absolute Gasteiger partial charge is 0.309 e. The number of nitrogens with zero attached hydrogens (tertiary/aromatic N) is 3. The van der Waals surface area contributed by atoms with Crippen LogP contribution in [0.3, 0.4) is 0 Å². The minimum atomic E-state index is 0.854. The average molecular weight is 708 g/mol. The second kappa shape index (κ2) is 12.5. The molecule has 10 rings (SSSR count). The van der Waals surface area contributed by atoms with Crippen LogP contribution in [0, 0.1) is 41.5 Å². The first-order chi connectivity index (χ1) is 26.7. The molecular weight excluding hydrogens is 667 g/mol. The fourth-order valence-corrected chi connectivity index (χ4v) is 9.45. The predicted octanol–water partition coefficient (Wildman–Crippen LogP) is 13.9. The van der Waals surface area contributed by atoms with Crippen molar-refractivity contribution in [2.45, 2.75) is 41.5 Å². The summed E-state index contributed by atoms with van der Waals surface area (Å²) in [6.07, 6.45) is 1.95. The van der Waals surface area contributed by atoms with E-state index in [9.17, 15) is 0 Å². The number of para-hydroxylation sites is 2. The molecule has 264 valence electrons. The van der Waals surface area contributed by atoms with Crippen LogP contribution in [-0.2, 0) is 0 Å². The van der Waals surface area contributed by atoms with E-state index in [1.807, 2.05) is 6.20 Å². The van der Waals surface area contributed by atoms with Crippen LogP contribution in [-0.4, -0.2) is 14.5 Å². The molecule has 8 aromatic carbocycles. The van der Waals surface area contributed by atoms with Crippen LogP contribution >= 0.6 is 0 Å².